The number of aromatic hydroxyl groups is 1. The number of hydrogen-bond donors (Lipinski definition) is 2. The van der Waals surface area contributed by atoms with Gasteiger partial charge in [-0.2, -0.15) is 5.10 Å². The van der Waals surface area contributed by atoms with Crippen LogP contribution in [0, 0.1) is 0 Å². The monoisotopic (exact) mass is 544 g/mol. The summed E-state index contributed by atoms with van der Waals surface area (Å²) in [4.78, 5) is 12.5. The summed E-state index contributed by atoms with van der Waals surface area (Å²) in [6.45, 7) is 16.5. The molecular weight excluding hydrogens is 508 g/mol. The highest BCUT2D eigenvalue weighted by molar-refractivity contribution is 9.10. The number of hydrazone groups is 1. The van der Waals surface area contributed by atoms with Gasteiger partial charge in [0.1, 0.15) is 12.4 Å². The van der Waals surface area contributed by atoms with E-state index in [-0.39, 0.29) is 23.2 Å². The average molecular weight is 546 g/mol. The first kappa shape index (κ1) is 28.4. The minimum absolute atomic E-state index is 0.194. The van der Waals surface area contributed by atoms with Crippen molar-refractivity contribution in [3.05, 3.63) is 63.6 Å². The predicted molar refractivity (Wildman–Crippen MR) is 146 cm³/mol. The number of phenols is 1. The molecule has 0 atom stereocenters. The van der Waals surface area contributed by atoms with Gasteiger partial charge in [-0.1, -0.05) is 66.3 Å². The molecule has 7 heteroatoms. The molecule has 0 spiro atoms. The molecule has 0 aromatic heterocycles. The number of halogens is 1. The zero-order valence-corrected chi connectivity index (χ0v) is 23.4. The van der Waals surface area contributed by atoms with Crippen molar-refractivity contribution in [2.24, 2.45) is 5.10 Å². The number of rotatable bonds is 9. The summed E-state index contributed by atoms with van der Waals surface area (Å²) >= 11 is 3.48. The largest absolute Gasteiger partial charge is 0.507 e. The molecule has 1 amide bonds. The fourth-order valence-electron chi connectivity index (χ4n) is 3.57. The summed E-state index contributed by atoms with van der Waals surface area (Å²) in [5.74, 6) is 1.27. The number of nitrogens with one attached hydrogen (secondary N) is 1. The van der Waals surface area contributed by atoms with Crippen molar-refractivity contribution in [3.63, 3.8) is 0 Å². The molecule has 0 unspecified atom stereocenters. The molecule has 2 aromatic rings. The quantitative estimate of drug-likeness (QED) is 0.217. The Balaban J connectivity index is 2.11. The second-order valence-corrected chi connectivity index (χ2v) is 11.3. The number of aryl methyl sites for hydroxylation is 1. The summed E-state index contributed by atoms with van der Waals surface area (Å²) in [5, 5.41) is 15.0. The number of hydrogen-bond acceptors (Lipinski definition) is 5. The van der Waals surface area contributed by atoms with Gasteiger partial charge in [0, 0.05) is 6.42 Å². The Morgan fingerprint density at radius 3 is 2.23 bits per heavy atom. The fourth-order valence-corrected chi connectivity index (χ4v) is 4.15. The van der Waals surface area contributed by atoms with Gasteiger partial charge in [0.25, 0.3) is 0 Å². The minimum atomic E-state index is -0.214. The molecule has 0 saturated carbocycles. The zero-order valence-electron chi connectivity index (χ0n) is 21.8. The van der Waals surface area contributed by atoms with Gasteiger partial charge in [-0.3, -0.25) is 4.79 Å². The molecule has 0 aliphatic heterocycles. The molecule has 2 N–H and O–H groups in total. The van der Waals surface area contributed by atoms with Gasteiger partial charge < -0.3 is 14.6 Å². The molecule has 6 nitrogen and oxygen atoms in total. The SMILES string of the molecule is C=CCOc1c(Br)cc(/C=N\NC(=O)CCc2cc(C(C)(C)C)c(O)c(C(C)(C)C)c2)cc1OC. The topological polar surface area (TPSA) is 80.2 Å². The van der Waals surface area contributed by atoms with E-state index >= 15 is 0 Å². The number of methoxy groups -OCH3 is 1. The number of phenolic OH excluding ortho intramolecular Hbond substituents is 1. The number of nitrogens with zero attached hydrogens (tertiary/aromatic N) is 1. The van der Waals surface area contributed by atoms with E-state index in [9.17, 15) is 9.90 Å². The molecule has 0 fully saturated rings. The van der Waals surface area contributed by atoms with Crippen LogP contribution in [0.5, 0.6) is 17.2 Å². The van der Waals surface area contributed by atoms with Crippen LogP contribution in [0.4, 0.5) is 0 Å². The van der Waals surface area contributed by atoms with E-state index in [1.807, 2.05) is 18.2 Å². The van der Waals surface area contributed by atoms with Crippen molar-refractivity contribution in [2.75, 3.05) is 13.7 Å². The van der Waals surface area contributed by atoms with Crippen LogP contribution < -0.4 is 14.9 Å². The maximum absolute atomic E-state index is 12.5. The summed E-state index contributed by atoms with van der Waals surface area (Å²) in [6, 6.07) is 7.61. The minimum Gasteiger partial charge on any atom is -0.507 e. The van der Waals surface area contributed by atoms with Crippen LogP contribution in [0.15, 0.2) is 46.5 Å². The number of carbonyl (C=O) groups is 1. The molecule has 0 radical (unpaired) electrons. The number of carbonyl (C=O) groups excluding carboxylic acids is 1. The van der Waals surface area contributed by atoms with Crippen LogP contribution in [0.3, 0.4) is 0 Å². The first-order valence-corrected chi connectivity index (χ1v) is 12.4. The lowest BCUT2D eigenvalue weighted by molar-refractivity contribution is -0.121. The third-order valence-electron chi connectivity index (χ3n) is 5.43. The van der Waals surface area contributed by atoms with Crippen molar-refractivity contribution >= 4 is 28.1 Å². The third kappa shape index (κ3) is 7.85. The molecule has 2 rings (SSSR count). The number of ether oxygens (including phenoxy) is 2. The van der Waals surface area contributed by atoms with E-state index in [4.69, 9.17) is 9.47 Å². The number of amides is 1. The molecule has 190 valence electrons. The van der Waals surface area contributed by atoms with Crippen LogP contribution in [0.25, 0.3) is 0 Å². The zero-order chi connectivity index (χ0) is 26.4. The second-order valence-electron chi connectivity index (χ2n) is 10.5. The normalized spacial score (nSPS) is 12.0. The summed E-state index contributed by atoms with van der Waals surface area (Å²) in [7, 11) is 1.56. The fraction of sp³-hybridized carbons (Fsp3) is 0.429. The summed E-state index contributed by atoms with van der Waals surface area (Å²) in [5.41, 5.74) is 5.69. The van der Waals surface area contributed by atoms with Crippen molar-refractivity contribution in [1.29, 1.82) is 0 Å². The van der Waals surface area contributed by atoms with Gasteiger partial charge in [-0.05, 0) is 67.6 Å². The lowest BCUT2D eigenvalue weighted by atomic mass is 9.78. The van der Waals surface area contributed by atoms with E-state index < -0.39 is 0 Å². The van der Waals surface area contributed by atoms with Crippen LogP contribution in [0.2, 0.25) is 0 Å². The Hall–Kier alpha value is -2.80. The molecule has 35 heavy (non-hydrogen) atoms. The standard InChI is InChI=1S/C28H37BrN2O4/c1-9-12-35-26-22(29)15-19(16-23(26)34-8)17-30-31-24(32)11-10-18-13-20(27(2,3)4)25(33)21(14-18)28(5,6)7/h9,13-17,33H,1,10-12H2,2-8H3,(H,31,32)/b30-17-. The van der Waals surface area contributed by atoms with Gasteiger partial charge in [-0.15, -0.1) is 0 Å². The summed E-state index contributed by atoms with van der Waals surface area (Å²) in [6.07, 6.45) is 4.03. The lowest BCUT2D eigenvalue weighted by Gasteiger charge is -2.28. The van der Waals surface area contributed by atoms with Crippen molar-refractivity contribution < 1.29 is 19.4 Å². The van der Waals surface area contributed by atoms with Crippen LogP contribution in [-0.2, 0) is 22.0 Å². The Morgan fingerprint density at radius 1 is 1.11 bits per heavy atom. The van der Waals surface area contributed by atoms with Crippen LogP contribution >= 0.6 is 15.9 Å². The van der Waals surface area contributed by atoms with E-state index in [0.717, 1.165) is 22.3 Å². The average Bonchev–Trinajstić information content (AvgIpc) is 2.75. The first-order valence-electron chi connectivity index (χ1n) is 11.6. The second kappa shape index (κ2) is 11.8. The molecule has 0 saturated heterocycles. The predicted octanol–water partition coefficient (Wildman–Crippen LogP) is 6.41. The van der Waals surface area contributed by atoms with Crippen molar-refractivity contribution in [1.82, 2.24) is 5.43 Å². The third-order valence-corrected chi connectivity index (χ3v) is 6.02. The van der Waals surface area contributed by atoms with Gasteiger partial charge >= 0.3 is 0 Å². The Morgan fingerprint density at radius 2 is 1.71 bits per heavy atom. The Kier molecular flexibility index (Phi) is 9.55. The van der Waals surface area contributed by atoms with Gasteiger partial charge in [0.15, 0.2) is 11.5 Å². The molecule has 0 aliphatic carbocycles. The van der Waals surface area contributed by atoms with Crippen molar-refractivity contribution in [3.8, 4) is 17.2 Å². The highest BCUT2D eigenvalue weighted by Crippen LogP contribution is 2.40. The van der Waals surface area contributed by atoms with E-state index in [2.05, 4.69) is 74.6 Å². The maximum Gasteiger partial charge on any atom is 0.240 e. The molecule has 0 bridgehead atoms. The maximum atomic E-state index is 12.5. The van der Waals surface area contributed by atoms with Gasteiger partial charge in [0.2, 0.25) is 5.91 Å². The Bertz CT molecular complexity index is 1060. The van der Waals surface area contributed by atoms with Crippen LogP contribution in [0.1, 0.15) is 70.2 Å². The Labute approximate surface area is 217 Å². The highest BCUT2D eigenvalue weighted by Gasteiger charge is 2.26. The summed E-state index contributed by atoms with van der Waals surface area (Å²) < 4.78 is 11.7. The lowest BCUT2D eigenvalue weighted by Crippen LogP contribution is -2.20. The first-order chi connectivity index (χ1) is 16.3. The molecule has 0 heterocycles. The van der Waals surface area contributed by atoms with Gasteiger partial charge in [-0.25, -0.2) is 5.43 Å². The van der Waals surface area contributed by atoms with E-state index in [1.54, 1.807) is 25.5 Å². The van der Waals surface area contributed by atoms with Gasteiger partial charge in [0.05, 0.1) is 17.8 Å². The molecule has 2 aromatic carbocycles. The number of benzene rings is 2. The molecular formula is C28H37BrN2O4. The molecule has 0 aliphatic rings. The smallest absolute Gasteiger partial charge is 0.240 e. The van der Waals surface area contributed by atoms with Crippen molar-refractivity contribution in [2.45, 2.75) is 65.2 Å². The van der Waals surface area contributed by atoms with Crippen LogP contribution in [-0.4, -0.2) is 30.9 Å². The van der Waals surface area contributed by atoms with E-state index in [0.29, 0.717) is 34.7 Å². The van der Waals surface area contributed by atoms with E-state index in [1.165, 1.54) is 0 Å². The highest BCUT2D eigenvalue weighted by atomic mass is 79.9.